The van der Waals surface area contributed by atoms with Crippen molar-refractivity contribution in [2.45, 2.75) is 18.3 Å². The second kappa shape index (κ2) is 7.17. The van der Waals surface area contributed by atoms with E-state index in [0.717, 1.165) is 16.7 Å². The molecule has 0 amide bonds. The summed E-state index contributed by atoms with van der Waals surface area (Å²) in [6.45, 7) is 1.53. The molecule has 0 spiro atoms. The van der Waals surface area contributed by atoms with E-state index in [4.69, 9.17) is 14.6 Å². The van der Waals surface area contributed by atoms with Gasteiger partial charge in [0.05, 0.1) is 17.9 Å². The normalized spacial score (nSPS) is 16.3. The quantitative estimate of drug-likeness (QED) is 0.690. The van der Waals surface area contributed by atoms with E-state index >= 15 is 0 Å². The van der Waals surface area contributed by atoms with Crippen molar-refractivity contribution in [3.8, 4) is 22.6 Å². The summed E-state index contributed by atoms with van der Waals surface area (Å²) >= 11 is 0. The van der Waals surface area contributed by atoms with Crippen LogP contribution in [0.5, 0.6) is 11.5 Å². The zero-order valence-corrected chi connectivity index (χ0v) is 16.7. The molecular formula is C22H20FNO4S. The third-order valence-corrected chi connectivity index (χ3v) is 6.45. The number of rotatable bonds is 4. The molecule has 0 saturated carbocycles. The first-order chi connectivity index (χ1) is 13.8. The molecule has 0 aliphatic carbocycles. The molecule has 1 heterocycles. The van der Waals surface area contributed by atoms with Crippen molar-refractivity contribution in [3.63, 3.8) is 0 Å². The van der Waals surface area contributed by atoms with Gasteiger partial charge in [0.25, 0.3) is 0 Å². The zero-order valence-electron chi connectivity index (χ0n) is 15.9. The lowest BCUT2D eigenvalue weighted by Crippen LogP contribution is -2.21. The van der Waals surface area contributed by atoms with E-state index in [1.54, 1.807) is 31.4 Å². The lowest BCUT2D eigenvalue weighted by Gasteiger charge is -2.31. The number of hydrogen-bond donors (Lipinski definition) is 1. The lowest BCUT2D eigenvalue weighted by molar-refractivity contribution is 0.241. The molecule has 2 N–H and O–H groups in total. The Morgan fingerprint density at radius 1 is 1.10 bits per heavy atom. The van der Waals surface area contributed by atoms with E-state index in [1.807, 2.05) is 24.3 Å². The van der Waals surface area contributed by atoms with E-state index in [9.17, 15) is 12.8 Å². The second-order valence-corrected chi connectivity index (χ2v) is 8.85. The average Bonchev–Trinajstić information content (AvgIpc) is 2.70. The summed E-state index contributed by atoms with van der Waals surface area (Å²) < 4.78 is 49.4. The maximum Gasteiger partial charge on any atom is 0.215 e. The Hall–Kier alpha value is -2.90. The molecule has 2 unspecified atom stereocenters. The second-order valence-electron chi connectivity index (χ2n) is 6.96. The van der Waals surface area contributed by atoms with Crippen LogP contribution in [0.15, 0.2) is 60.7 Å². The van der Waals surface area contributed by atoms with Gasteiger partial charge in [0.1, 0.15) is 23.4 Å². The minimum absolute atomic E-state index is 0.377. The predicted octanol–water partition coefficient (Wildman–Crippen LogP) is 4.33. The number of nitrogens with two attached hydrogens (primary N) is 1. The fourth-order valence-corrected chi connectivity index (χ4v) is 4.15. The summed E-state index contributed by atoms with van der Waals surface area (Å²) in [5.41, 5.74) is 3.49. The fourth-order valence-electron chi connectivity index (χ4n) is 3.62. The van der Waals surface area contributed by atoms with Gasteiger partial charge in [-0.3, -0.25) is 0 Å². The van der Waals surface area contributed by atoms with Gasteiger partial charge in [-0.25, -0.2) is 17.9 Å². The molecule has 0 bridgehead atoms. The highest BCUT2D eigenvalue weighted by molar-refractivity contribution is 7.89. The highest BCUT2D eigenvalue weighted by Crippen LogP contribution is 2.49. The molecule has 5 nitrogen and oxygen atoms in total. The molecular weight excluding hydrogens is 393 g/mol. The summed E-state index contributed by atoms with van der Waals surface area (Å²) in [6, 6.07) is 17.0. The predicted molar refractivity (Wildman–Crippen MR) is 109 cm³/mol. The van der Waals surface area contributed by atoms with Gasteiger partial charge in [0.15, 0.2) is 0 Å². The molecule has 150 valence electrons. The molecule has 3 aromatic carbocycles. The van der Waals surface area contributed by atoms with Crippen LogP contribution < -0.4 is 14.6 Å². The van der Waals surface area contributed by atoms with Crippen molar-refractivity contribution in [1.82, 2.24) is 0 Å². The van der Waals surface area contributed by atoms with Gasteiger partial charge in [-0.1, -0.05) is 30.3 Å². The van der Waals surface area contributed by atoms with Crippen LogP contribution in [0.4, 0.5) is 4.39 Å². The SMILES string of the molecule is COc1cccc2c1-c1ccc(C(C)S(N)(=O)=O)cc1C(c1cccc(F)c1)O2. The Morgan fingerprint density at radius 3 is 2.55 bits per heavy atom. The summed E-state index contributed by atoms with van der Waals surface area (Å²) in [7, 11) is -2.20. The molecule has 0 radical (unpaired) electrons. The smallest absolute Gasteiger partial charge is 0.215 e. The monoisotopic (exact) mass is 413 g/mol. The number of primary sulfonamides is 1. The van der Waals surface area contributed by atoms with E-state index in [2.05, 4.69) is 0 Å². The Balaban J connectivity index is 1.96. The van der Waals surface area contributed by atoms with Gasteiger partial charge in [0.2, 0.25) is 10.0 Å². The van der Waals surface area contributed by atoms with Crippen LogP contribution >= 0.6 is 0 Å². The summed E-state index contributed by atoms with van der Waals surface area (Å²) in [5.74, 6) is 0.866. The lowest BCUT2D eigenvalue weighted by atomic mass is 9.87. The first-order valence-corrected chi connectivity index (χ1v) is 10.7. The van der Waals surface area contributed by atoms with Gasteiger partial charge >= 0.3 is 0 Å². The molecule has 2 atom stereocenters. The fraction of sp³-hybridized carbons (Fsp3) is 0.182. The van der Waals surface area contributed by atoms with Gasteiger partial charge < -0.3 is 9.47 Å². The molecule has 3 aromatic rings. The number of fused-ring (bicyclic) bond motifs is 3. The topological polar surface area (TPSA) is 78.6 Å². The van der Waals surface area contributed by atoms with E-state index < -0.39 is 21.4 Å². The molecule has 1 aliphatic heterocycles. The molecule has 7 heteroatoms. The van der Waals surface area contributed by atoms with Crippen LogP contribution in [0.1, 0.15) is 35.0 Å². The zero-order chi connectivity index (χ0) is 20.8. The number of ether oxygens (including phenoxy) is 2. The van der Waals surface area contributed by atoms with E-state index in [0.29, 0.717) is 22.6 Å². The third kappa shape index (κ3) is 3.47. The largest absolute Gasteiger partial charge is 0.496 e. The molecule has 0 saturated heterocycles. The van der Waals surface area contributed by atoms with Crippen LogP contribution in [-0.2, 0) is 10.0 Å². The summed E-state index contributed by atoms with van der Waals surface area (Å²) in [4.78, 5) is 0. The van der Waals surface area contributed by atoms with Crippen molar-refractivity contribution in [2.24, 2.45) is 5.14 Å². The third-order valence-electron chi connectivity index (χ3n) is 5.19. The van der Waals surface area contributed by atoms with Crippen LogP contribution in [-0.4, -0.2) is 15.5 Å². The molecule has 0 aromatic heterocycles. The van der Waals surface area contributed by atoms with Gasteiger partial charge in [-0.2, -0.15) is 0 Å². The highest BCUT2D eigenvalue weighted by Gasteiger charge is 2.31. The molecule has 29 heavy (non-hydrogen) atoms. The summed E-state index contributed by atoms with van der Waals surface area (Å²) in [5, 5.41) is 4.46. The Kier molecular flexibility index (Phi) is 4.80. The minimum Gasteiger partial charge on any atom is -0.496 e. The minimum atomic E-state index is -3.77. The maximum atomic E-state index is 13.9. The van der Waals surface area contributed by atoms with Crippen LogP contribution in [0.25, 0.3) is 11.1 Å². The van der Waals surface area contributed by atoms with Gasteiger partial charge in [-0.15, -0.1) is 0 Å². The van der Waals surface area contributed by atoms with Crippen molar-refractivity contribution < 1.29 is 22.3 Å². The summed E-state index contributed by atoms with van der Waals surface area (Å²) in [6.07, 6.45) is -0.604. The number of methoxy groups -OCH3 is 1. The average molecular weight is 413 g/mol. The van der Waals surface area contributed by atoms with Crippen molar-refractivity contribution in [3.05, 3.63) is 83.2 Å². The number of hydrogen-bond acceptors (Lipinski definition) is 4. The van der Waals surface area contributed by atoms with Gasteiger partial charge in [0, 0.05) is 5.56 Å². The van der Waals surface area contributed by atoms with E-state index in [1.165, 1.54) is 19.1 Å². The Labute approximate surface area is 168 Å². The standard InChI is InChI=1S/C22H20FNO4S/c1-13(29(24,25)26)14-9-10-17-18(12-14)22(15-5-3-6-16(23)11-15)28-20-8-4-7-19(27-2)21(17)20/h3-13,22H,1-2H3,(H2,24,25,26). The van der Waals surface area contributed by atoms with Crippen LogP contribution in [0, 0.1) is 5.82 Å². The number of sulfonamides is 1. The molecule has 4 rings (SSSR count). The highest BCUT2D eigenvalue weighted by atomic mass is 32.2. The van der Waals surface area contributed by atoms with Crippen LogP contribution in [0.2, 0.25) is 0 Å². The van der Waals surface area contributed by atoms with Crippen molar-refractivity contribution in [2.75, 3.05) is 7.11 Å². The first-order valence-electron chi connectivity index (χ1n) is 9.04. The molecule has 0 fully saturated rings. The van der Waals surface area contributed by atoms with Crippen molar-refractivity contribution in [1.29, 1.82) is 0 Å². The Bertz CT molecular complexity index is 1190. The first kappa shape index (κ1) is 19.4. The number of halogens is 1. The molecule has 1 aliphatic rings. The maximum absolute atomic E-state index is 13.9. The number of benzene rings is 3. The van der Waals surface area contributed by atoms with E-state index in [-0.39, 0.29) is 5.82 Å². The van der Waals surface area contributed by atoms with Crippen LogP contribution in [0.3, 0.4) is 0 Å². The van der Waals surface area contributed by atoms with Gasteiger partial charge in [-0.05, 0) is 53.9 Å². The Morgan fingerprint density at radius 2 is 1.86 bits per heavy atom. The van der Waals surface area contributed by atoms with Crippen molar-refractivity contribution >= 4 is 10.0 Å².